The van der Waals surface area contributed by atoms with Crippen molar-refractivity contribution in [2.75, 3.05) is 0 Å². The van der Waals surface area contributed by atoms with E-state index in [1.54, 1.807) is 0 Å². The summed E-state index contributed by atoms with van der Waals surface area (Å²) in [6.45, 7) is 3.77. The molecule has 0 saturated heterocycles. The van der Waals surface area contributed by atoms with E-state index in [0.717, 1.165) is 27.9 Å². The summed E-state index contributed by atoms with van der Waals surface area (Å²) in [5, 5.41) is 0. The number of rotatable bonds is 2. The van der Waals surface area contributed by atoms with Gasteiger partial charge < -0.3 is 0 Å². The fraction of sp³-hybridized carbons (Fsp3) is 0.111. The molecule has 1 aromatic rings. The second kappa shape index (κ2) is 3.97. The summed E-state index contributed by atoms with van der Waals surface area (Å²) in [6.07, 6.45) is 2.02. The molecule has 46 valence electrons. The van der Waals surface area contributed by atoms with Crippen LogP contribution in [0.2, 0.25) is 0 Å². The van der Waals surface area contributed by atoms with Gasteiger partial charge in [0.15, 0.2) is 0 Å². The van der Waals surface area contributed by atoms with Crippen LogP contribution in [0.4, 0.5) is 0 Å². The van der Waals surface area contributed by atoms with Crippen LogP contribution in [0.3, 0.4) is 0 Å². The van der Waals surface area contributed by atoms with Crippen LogP contribution in [0.1, 0.15) is 8.73 Å². The van der Waals surface area contributed by atoms with Crippen molar-refractivity contribution in [3.8, 4) is 0 Å². The molecule has 0 fully saturated rings. The number of hydrogen-bond donors (Lipinski definition) is 0. The molecule has 0 aliphatic heterocycles. The Labute approximate surface area is 79.4 Å². The zero-order chi connectivity index (χ0) is 7.40. The van der Waals surface area contributed by atoms with Crippen molar-refractivity contribution in [1.29, 1.82) is 0 Å². The summed E-state index contributed by atoms with van der Waals surface area (Å²) < 4.78 is 0.612. The van der Waals surface area contributed by atoms with Crippen molar-refractivity contribution >= 4 is 27.9 Å². The second-order valence-electron chi connectivity index (χ2n) is 2.44. The summed E-state index contributed by atoms with van der Waals surface area (Å²) in [4.78, 5) is 0. The zero-order valence-electron chi connectivity index (χ0n) is 6.25. The van der Waals surface area contributed by atoms with Crippen LogP contribution in [0.5, 0.6) is 0 Å². The Kier molecular flexibility index (Phi) is 3.20. The third kappa shape index (κ3) is 1.98. The molecule has 0 amide bonds. The molecule has 1 atom stereocenters. The Hall–Kier alpha value is -0.0400. The van der Waals surface area contributed by atoms with Crippen molar-refractivity contribution in [3.05, 3.63) is 48.6 Å². The van der Waals surface area contributed by atoms with Crippen LogP contribution in [0.15, 0.2) is 43.0 Å². The summed E-state index contributed by atoms with van der Waals surface area (Å²) in [7, 11) is 0. The van der Waals surface area contributed by atoms with Gasteiger partial charge in [-0.1, -0.05) is 0 Å². The maximum atomic E-state index is 3.77. The Balaban J connectivity index is 2.84. The van der Waals surface area contributed by atoms with Gasteiger partial charge in [-0.2, -0.15) is 0 Å². The van der Waals surface area contributed by atoms with Crippen molar-refractivity contribution in [3.63, 3.8) is 0 Å². The molecule has 1 unspecified atom stereocenters. The molecule has 1 aromatic carbocycles. The van der Waals surface area contributed by atoms with Gasteiger partial charge in [0.25, 0.3) is 0 Å². The molecule has 0 aromatic heterocycles. The quantitative estimate of drug-likeness (QED) is 0.436. The predicted molar refractivity (Wildman–Crippen MR) is 45.1 cm³/mol. The van der Waals surface area contributed by atoms with Crippen LogP contribution in [0, 0.1) is 0 Å². The fourth-order valence-electron chi connectivity index (χ4n) is 0.893. The normalized spacial score (nSPS) is 12.6. The molecule has 10 heavy (non-hydrogen) atoms. The van der Waals surface area contributed by atoms with Crippen LogP contribution >= 0.6 is 0 Å². The second-order valence-corrected chi connectivity index (χ2v) is 3.68. The summed E-state index contributed by atoms with van der Waals surface area (Å²) in [6, 6.07) is 10.5. The fourth-order valence-corrected chi connectivity index (χ4v) is 1.28. The van der Waals surface area contributed by atoms with Gasteiger partial charge in [0, 0.05) is 0 Å². The first kappa shape index (κ1) is 8.06. The van der Waals surface area contributed by atoms with Gasteiger partial charge in [-0.3, -0.25) is 0 Å². The van der Waals surface area contributed by atoms with Crippen LogP contribution in [0.25, 0.3) is 0 Å². The molecule has 0 spiro atoms. The van der Waals surface area contributed by atoms with E-state index in [1.807, 2.05) is 12.1 Å². The minimum atomic E-state index is 0.612. The first-order chi connectivity index (χ1) is 4.84. The van der Waals surface area contributed by atoms with E-state index in [0.29, 0.717) is 3.17 Å². The Morgan fingerprint density at radius 3 is 2.40 bits per heavy atom. The topological polar surface area (TPSA) is 0 Å². The first-order valence-corrected chi connectivity index (χ1v) is 4.67. The van der Waals surface area contributed by atoms with Crippen molar-refractivity contribution < 1.29 is 0 Å². The standard InChI is InChI=1S/C9H9.Na/c1-2-6-9-7-4-3-5-8-9;/h2-8H,1H2;. The first-order valence-electron chi connectivity index (χ1n) is 3.52. The van der Waals surface area contributed by atoms with Gasteiger partial charge in [0.05, 0.1) is 0 Å². The molecule has 0 nitrogen and oxygen atoms in total. The zero-order valence-corrected chi connectivity index (χ0v) is 8.25. The molecule has 1 heteroatoms. The van der Waals surface area contributed by atoms with E-state index in [9.17, 15) is 0 Å². The van der Waals surface area contributed by atoms with Gasteiger partial charge in [-0.15, -0.1) is 0 Å². The van der Waals surface area contributed by atoms with E-state index in [2.05, 4.69) is 30.8 Å². The van der Waals surface area contributed by atoms with E-state index < -0.39 is 0 Å². The molecule has 0 radical (unpaired) electrons. The molecular weight excluding hydrogens is 131 g/mol. The number of allylic oxidation sites excluding steroid dienone is 1. The van der Waals surface area contributed by atoms with E-state index in [-0.39, 0.29) is 0 Å². The maximum absolute atomic E-state index is 3.77. The minimum absolute atomic E-state index is 0.612. The molecule has 0 bridgehead atoms. The number of benzene rings is 1. The van der Waals surface area contributed by atoms with Crippen LogP contribution in [-0.4, -0.2) is 27.9 Å². The molecular formula is C9H9Na. The monoisotopic (exact) mass is 140 g/mol. The Morgan fingerprint density at radius 1 is 1.30 bits per heavy atom. The molecule has 0 heterocycles. The van der Waals surface area contributed by atoms with Gasteiger partial charge in [0.1, 0.15) is 0 Å². The number of hydrogen-bond acceptors (Lipinski definition) is 0. The SMILES string of the molecule is C=C[CH]([Na])c1ccccc1. The van der Waals surface area contributed by atoms with Gasteiger partial charge in [-0.25, -0.2) is 0 Å². The van der Waals surface area contributed by atoms with Gasteiger partial charge in [-0.05, 0) is 0 Å². The van der Waals surface area contributed by atoms with Crippen LogP contribution in [-0.2, 0) is 0 Å². The predicted octanol–water partition coefficient (Wildman–Crippen LogP) is 2.08. The summed E-state index contributed by atoms with van der Waals surface area (Å²) >= 11 is 1.16. The van der Waals surface area contributed by atoms with E-state index in [1.165, 1.54) is 5.56 Å². The molecule has 0 saturated carbocycles. The average Bonchev–Trinajstić information content (AvgIpc) is 2.05. The summed E-state index contributed by atoms with van der Waals surface area (Å²) in [5.74, 6) is 0. The van der Waals surface area contributed by atoms with E-state index in [4.69, 9.17) is 0 Å². The third-order valence-corrected chi connectivity index (χ3v) is 2.82. The van der Waals surface area contributed by atoms with E-state index >= 15 is 0 Å². The Morgan fingerprint density at radius 2 is 1.90 bits per heavy atom. The molecule has 1 rings (SSSR count). The van der Waals surface area contributed by atoms with Crippen molar-refractivity contribution in [2.45, 2.75) is 3.17 Å². The summed E-state index contributed by atoms with van der Waals surface area (Å²) in [5.41, 5.74) is 1.39. The Bertz CT molecular complexity index is 203. The van der Waals surface area contributed by atoms with Crippen molar-refractivity contribution in [1.82, 2.24) is 0 Å². The van der Waals surface area contributed by atoms with Gasteiger partial charge >= 0.3 is 79.6 Å². The molecule has 0 N–H and O–H groups in total. The van der Waals surface area contributed by atoms with Crippen LogP contribution < -0.4 is 0 Å². The van der Waals surface area contributed by atoms with Crippen molar-refractivity contribution in [2.24, 2.45) is 0 Å². The van der Waals surface area contributed by atoms with Gasteiger partial charge in [0.2, 0.25) is 0 Å². The third-order valence-electron chi connectivity index (χ3n) is 1.68. The average molecular weight is 140 g/mol. The molecule has 0 aliphatic rings. The molecule has 0 aliphatic carbocycles.